The van der Waals surface area contributed by atoms with Crippen molar-refractivity contribution in [2.45, 2.75) is 6.54 Å². The zero-order valence-corrected chi connectivity index (χ0v) is 22.7. The van der Waals surface area contributed by atoms with Gasteiger partial charge in [0.05, 0.1) is 17.3 Å². The van der Waals surface area contributed by atoms with Gasteiger partial charge in [0, 0.05) is 27.0 Å². The minimum atomic E-state index is -0.277. The maximum Gasteiger partial charge on any atom is 0.261 e. The number of nitriles is 2. The standard InChI is InChI=1S/C36H21N5O2/c37-19-25(20-38)32(23-10-5-2-6-11-23)24-14-17-30-31(18-24)40-34(39-30)27-15-16-29-33-26(27)12-7-13-28(33)35(42)41(36(29)43)21-22-8-3-1-4-9-22/h1-18,42H,21H2/b34-27+. The van der Waals surface area contributed by atoms with E-state index in [0.29, 0.717) is 43.8 Å². The highest BCUT2D eigenvalue weighted by Gasteiger charge is 2.18. The Balaban J connectivity index is 1.43. The molecule has 0 saturated carbocycles. The van der Waals surface area contributed by atoms with Crippen LogP contribution in [0, 0.1) is 22.7 Å². The third kappa shape index (κ3) is 4.24. The Kier molecular flexibility index (Phi) is 6.12. The molecule has 7 rings (SSSR count). The van der Waals surface area contributed by atoms with Gasteiger partial charge >= 0.3 is 0 Å². The molecule has 43 heavy (non-hydrogen) atoms. The number of allylic oxidation sites excluding steroid dienone is 1. The third-order valence-corrected chi connectivity index (χ3v) is 7.69. The van der Waals surface area contributed by atoms with E-state index in [9.17, 15) is 20.4 Å². The van der Waals surface area contributed by atoms with E-state index in [1.807, 2.05) is 115 Å². The van der Waals surface area contributed by atoms with Crippen LogP contribution in [0.5, 0.6) is 5.88 Å². The van der Waals surface area contributed by atoms with E-state index in [-0.39, 0.29) is 23.6 Å². The van der Waals surface area contributed by atoms with E-state index in [2.05, 4.69) is 0 Å². The highest BCUT2D eigenvalue weighted by atomic mass is 16.3. The lowest BCUT2D eigenvalue weighted by molar-refractivity contribution is 0.423. The number of benzene rings is 5. The topological polar surface area (TPSA) is 115 Å². The van der Waals surface area contributed by atoms with Crippen LogP contribution in [0.2, 0.25) is 0 Å². The van der Waals surface area contributed by atoms with Crippen molar-refractivity contribution in [3.63, 3.8) is 0 Å². The second-order valence-corrected chi connectivity index (χ2v) is 10.2. The van der Waals surface area contributed by atoms with Crippen LogP contribution in [-0.4, -0.2) is 9.67 Å². The highest BCUT2D eigenvalue weighted by molar-refractivity contribution is 6.11. The number of aromatic nitrogens is 1. The second kappa shape index (κ2) is 10.3. The molecule has 1 aromatic heterocycles. The Morgan fingerprint density at radius 1 is 0.721 bits per heavy atom. The second-order valence-electron chi connectivity index (χ2n) is 10.2. The summed E-state index contributed by atoms with van der Waals surface area (Å²) in [5.41, 5.74) is 2.61. The van der Waals surface area contributed by atoms with Gasteiger partial charge in [0.1, 0.15) is 17.7 Å². The molecular formula is C36H21N5O2. The Hall–Kier alpha value is -6.31. The van der Waals surface area contributed by atoms with Crippen molar-refractivity contribution in [1.82, 2.24) is 4.57 Å². The molecule has 6 aromatic rings. The number of hydrogen-bond acceptors (Lipinski definition) is 6. The first-order chi connectivity index (χ1) is 21.1. The number of rotatable bonds is 4. The fraction of sp³-hybridized carbons (Fsp3) is 0.0278. The SMILES string of the molecule is N#CC(C#N)=C(c1ccccc1)c1ccc2c(c1)=N/C(=c1\ccc3c(=O)n(Cc4ccccc4)c(O)c4cccc1c43)N=2. The zero-order valence-electron chi connectivity index (χ0n) is 22.7. The average molecular weight is 556 g/mol. The van der Waals surface area contributed by atoms with Crippen molar-refractivity contribution >= 4 is 32.9 Å². The molecule has 1 aliphatic heterocycles. The van der Waals surface area contributed by atoms with Gasteiger partial charge in [-0.3, -0.25) is 9.36 Å². The number of fused-ring (bicyclic) bond motifs is 1. The monoisotopic (exact) mass is 555 g/mol. The molecule has 5 aromatic carbocycles. The predicted octanol–water partition coefficient (Wildman–Crippen LogP) is 4.50. The molecule has 0 fully saturated rings. The molecule has 202 valence electrons. The molecule has 7 nitrogen and oxygen atoms in total. The van der Waals surface area contributed by atoms with E-state index >= 15 is 0 Å². The van der Waals surface area contributed by atoms with Gasteiger partial charge in [0.2, 0.25) is 5.88 Å². The van der Waals surface area contributed by atoms with Gasteiger partial charge in [-0.05, 0) is 52.4 Å². The summed E-state index contributed by atoms with van der Waals surface area (Å²) in [6.45, 7) is 0.251. The van der Waals surface area contributed by atoms with Crippen molar-refractivity contribution in [2.24, 2.45) is 9.98 Å². The van der Waals surface area contributed by atoms with Gasteiger partial charge in [-0.2, -0.15) is 10.5 Å². The van der Waals surface area contributed by atoms with E-state index < -0.39 is 0 Å². The van der Waals surface area contributed by atoms with Crippen LogP contribution < -0.4 is 21.5 Å². The smallest absolute Gasteiger partial charge is 0.261 e. The summed E-state index contributed by atoms with van der Waals surface area (Å²) in [7, 11) is 0. The first-order valence-corrected chi connectivity index (χ1v) is 13.6. The molecule has 7 heteroatoms. The summed E-state index contributed by atoms with van der Waals surface area (Å²) in [5, 5.41) is 35.1. The summed E-state index contributed by atoms with van der Waals surface area (Å²) in [6, 6.07) is 37.6. The van der Waals surface area contributed by atoms with Gasteiger partial charge in [0.15, 0.2) is 5.82 Å². The highest BCUT2D eigenvalue weighted by Crippen LogP contribution is 2.30. The van der Waals surface area contributed by atoms with E-state index in [1.165, 1.54) is 4.57 Å². The van der Waals surface area contributed by atoms with Crippen LogP contribution in [0.15, 0.2) is 130 Å². The Morgan fingerprint density at radius 3 is 2.16 bits per heavy atom. The summed E-state index contributed by atoms with van der Waals surface area (Å²) >= 11 is 0. The van der Waals surface area contributed by atoms with E-state index in [4.69, 9.17) is 9.98 Å². The average Bonchev–Trinajstić information content (AvgIpc) is 3.48. The third-order valence-electron chi connectivity index (χ3n) is 7.69. The number of hydrogen-bond donors (Lipinski definition) is 1. The van der Waals surface area contributed by atoms with Gasteiger partial charge in [-0.15, -0.1) is 0 Å². The molecule has 0 atom stereocenters. The van der Waals surface area contributed by atoms with Crippen LogP contribution in [0.4, 0.5) is 0 Å². The fourth-order valence-corrected chi connectivity index (χ4v) is 5.70. The first kappa shape index (κ1) is 25.6. The van der Waals surface area contributed by atoms with Crippen molar-refractivity contribution in [3.8, 4) is 18.0 Å². The van der Waals surface area contributed by atoms with Crippen molar-refractivity contribution in [1.29, 1.82) is 10.5 Å². The van der Waals surface area contributed by atoms with Gasteiger partial charge in [0.25, 0.3) is 5.56 Å². The quantitative estimate of drug-likeness (QED) is 0.323. The predicted molar refractivity (Wildman–Crippen MR) is 164 cm³/mol. The molecule has 0 spiro atoms. The van der Waals surface area contributed by atoms with E-state index in [0.717, 1.165) is 21.7 Å². The van der Waals surface area contributed by atoms with Crippen LogP contribution >= 0.6 is 0 Å². The summed E-state index contributed by atoms with van der Waals surface area (Å²) in [6.07, 6.45) is 0. The molecule has 0 unspecified atom stereocenters. The molecule has 0 radical (unpaired) electrons. The molecular weight excluding hydrogens is 534 g/mol. The zero-order chi connectivity index (χ0) is 29.5. The number of aromatic hydroxyl groups is 1. The Bertz CT molecular complexity index is 2450. The van der Waals surface area contributed by atoms with Crippen LogP contribution in [-0.2, 0) is 6.54 Å². The van der Waals surface area contributed by atoms with Gasteiger partial charge in [-0.25, -0.2) is 9.98 Å². The van der Waals surface area contributed by atoms with Crippen LogP contribution in [0.1, 0.15) is 16.7 Å². The normalized spacial score (nSPS) is 13.1. The fourth-order valence-electron chi connectivity index (χ4n) is 5.70. The molecule has 0 saturated heterocycles. The van der Waals surface area contributed by atoms with Gasteiger partial charge in [-0.1, -0.05) is 78.9 Å². The van der Waals surface area contributed by atoms with Crippen LogP contribution in [0.3, 0.4) is 0 Å². The Morgan fingerprint density at radius 2 is 1.42 bits per heavy atom. The summed E-state index contributed by atoms with van der Waals surface area (Å²) in [4.78, 5) is 23.2. The Labute approximate surface area is 245 Å². The lowest BCUT2D eigenvalue weighted by Crippen LogP contribution is -2.22. The van der Waals surface area contributed by atoms with Crippen molar-refractivity contribution in [3.05, 3.63) is 158 Å². The first-order valence-electron chi connectivity index (χ1n) is 13.6. The number of pyridine rings is 1. The molecule has 1 aliphatic rings. The molecule has 0 amide bonds. The molecule has 0 bridgehead atoms. The van der Waals surface area contributed by atoms with Crippen molar-refractivity contribution < 1.29 is 5.11 Å². The molecule has 2 heterocycles. The van der Waals surface area contributed by atoms with E-state index in [1.54, 1.807) is 6.07 Å². The lowest BCUT2D eigenvalue weighted by atomic mass is 9.94. The minimum Gasteiger partial charge on any atom is -0.494 e. The summed E-state index contributed by atoms with van der Waals surface area (Å²) < 4.78 is 1.40. The minimum absolute atomic E-state index is 0.0101. The van der Waals surface area contributed by atoms with Crippen LogP contribution in [0.25, 0.3) is 32.9 Å². The number of nitrogens with zero attached hydrogens (tertiary/aromatic N) is 5. The maximum atomic E-state index is 13.6. The van der Waals surface area contributed by atoms with Gasteiger partial charge < -0.3 is 5.11 Å². The largest absolute Gasteiger partial charge is 0.494 e. The molecule has 1 N–H and O–H groups in total. The summed E-state index contributed by atoms with van der Waals surface area (Å²) in [5.74, 6) is 0.383. The molecule has 0 aliphatic carbocycles. The van der Waals surface area contributed by atoms with Crippen molar-refractivity contribution in [2.75, 3.05) is 0 Å². The maximum absolute atomic E-state index is 13.6. The lowest BCUT2D eigenvalue weighted by Gasteiger charge is -2.14.